The number of alkyl halides is 3. The van der Waals surface area contributed by atoms with Gasteiger partial charge in [-0.05, 0) is 24.1 Å². The minimum atomic E-state index is -4.31. The number of benzene rings is 1. The lowest BCUT2D eigenvalue weighted by Gasteiger charge is -2.13. The molecule has 0 saturated carbocycles. The molecule has 0 aliphatic rings. The van der Waals surface area contributed by atoms with Crippen LogP contribution in [0.25, 0.3) is 0 Å². The summed E-state index contributed by atoms with van der Waals surface area (Å²) in [5.74, 6) is 0.590. The lowest BCUT2D eigenvalue weighted by atomic mass is 10.1. The van der Waals surface area contributed by atoms with Crippen LogP contribution in [0.3, 0.4) is 0 Å². The number of nitrogens with one attached hydrogen (secondary N) is 2. The average molecular weight is 347 g/mol. The molecule has 0 aromatic heterocycles. The molecule has 2 N–H and O–H groups in total. The summed E-state index contributed by atoms with van der Waals surface area (Å²) in [5, 5.41) is 6.17. The number of hydrogen-bond donors (Lipinski definition) is 2. The predicted molar refractivity (Wildman–Crippen MR) is 87.0 cm³/mol. The van der Waals surface area contributed by atoms with E-state index < -0.39 is 11.7 Å². The highest BCUT2D eigenvalue weighted by Crippen LogP contribution is 2.28. The van der Waals surface area contributed by atoms with Gasteiger partial charge in [-0.15, -0.1) is 0 Å². The van der Waals surface area contributed by atoms with Crippen LogP contribution in [0, 0.1) is 0 Å². The second kappa shape index (κ2) is 10.9. The molecule has 0 radical (unpaired) electrons. The summed E-state index contributed by atoms with van der Waals surface area (Å²) in [6, 6.07) is 5.05. The summed E-state index contributed by atoms with van der Waals surface area (Å²) in [7, 11) is 3.26. The molecule has 0 amide bonds. The van der Waals surface area contributed by atoms with E-state index in [0.717, 1.165) is 24.1 Å². The molecule has 0 atom stereocenters. The maximum atomic E-state index is 12.5. The van der Waals surface area contributed by atoms with Crippen molar-refractivity contribution in [2.24, 2.45) is 4.99 Å². The van der Waals surface area contributed by atoms with Crippen LogP contribution in [0.2, 0.25) is 0 Å². The molecular formula is C16H24F3N3O2. The molecule has 8 heteroatoms. The molecule has 1 rings (SSSR count). The average Bonchev–Trinajstić information content (AvgIpc) is 2.56. The zero-order chi connectivity index (χ0) is 17.8. The van der Waals surface area contributed by atoms with E-state index in [0.29, 0.717) is 38.9 Å². The van der Waals surface area contributed by atoms with Crippen LogP contribution in [-0.2, 0) is 22.2 Å². The number of hydrogen-bond acceptors (Lipinski definition) is 3. The van der Waals surface area contributed by atoms with Crippen molar-refractivity contribution in [2.75, 3.05) is 40.5 Å². The van der Waals surface area contributed by atoms with Crippen LogP contribution < -0.4 is 10.6 Å². The zero-order valence-corrected chi connectivity index (χ0v) is 13.9. The number of aliphatic imine (C=N–C) groups is 1. The molecule has 0 bridgehead atoms. The molecule has 0 aliphatic heterocycles. The number of nitrogens with zero attached hydrogens (tertiary/aromatic N) is 1. The van der Waals surface area contributed by atoms with Crippen LogP contribution >= 0.6 is 0 Å². The molecule has 24 heavy (non-hydrogen) atoms. The Morgan fingerprint density at radius 2 is 1.79 bits per heavy atom. The molecule has 136 valence electrons. The van der Waals surface area contributed by atoms with Gasteiger partial charge in [-0.25, -0.2) is 0 Å². The Hall–Kier alpha value is -1.80. The third-order valence-electron chi connectivity index (χ3n) is 3.15. The first kappa shape index (κ1) is 20.2. The van der Waals surface area contributed by atoms with Gasteiger partial charge in [0.15, 0.2) is 5.96 Å². The Labute approximate surface area is 140 Å². The van der Waals surface area contributed by atoms with E-state index in [-0.39, 0.29) is 0 Å². The first-order valence-corrected chi connectivity index (χ1v) is 7.64. The van der Waals surface area contributed by atoms with Gasteiger partial charge in [0, 0.05) is 33.9 Å². The summed E-state index contributed by atoms with van der Waals surface area (Å²) in [5.41, 5.74) is 0.0936. The second-order valence-electron chi connectivity index (χ2n) is 5.01. The monoisotopic (exact) mass is 347 g/mol. The third-order valence-corrected chi connectivity index (χ3v) is 3.15. The predicted octanol–water partition coefficient (Wildman–Crippen LogP) is 2.42. The Bertz CT molecular complexity index is 490. The van der Waals surface area contributed by atoms with Crippen molar-refractivity contribution in [3.05, 3.63) is 35.4 Å². The quantitative estimate of drug-likeness (QED) is 0.409. The molecule has 1 aromatic rings. The first-order chi connectivity index (χ1) is 11.5. The largest absolute Gasteiger partial charge is 0.416 e. The van der Waals surface area contributed by atoms with Gasteiger partial charge in [-0.3, -0.25) is 4.99 Å². The zero-order valence-electron chi connectivity index (χ0n) is 13.9. The number of methoxy groups -OCH3 is 1. The van der Waals surface area contributed by atoms with Crippen molar-refractivity contribution in [3.63, 3.8) is 0 Å². The SMILES string of the molecule is CN=C(NCCCOCCOC)NCc1ccc(C(F)(F)F)cc1. The lowest BCUT2D eigenvalue weighted by molar-refractivity contribution is -0.137. The maximum Gasteiger partial charge on any atom is 0.416 e. The van der Waals surface area contributed by atoms with Gasteiger partial charge in [-0.1, -0.05) is 12.1 Å². The van der Waals surface area contributed by atoms with E-state index >= 15 is 0 Å². The van der Waals surface area contributed by atoms with E-state index in [9.17, 15) is 13.2 Å². The normalized spacial score (nSPS) is 12.3. The van der Waals surface area contributed by atoms with Crippen LogP contribution in [0.4, 0.5) is 13.2 Å². The molecule has 0 saturated heterocycles. The summed E-state index contributed by atoms with van der Waals surface area (Å²) < 4.78 is 47.7. The van der Waals surface area contributed by atoms with E-state index in [1.165, 1.54) is 12.1 Å². The summed E-state index contributed by atoms with van der Waals surface area (Å²) in [4.78, 5) is 4.06. The van der Waals surface area contributed by atoms with Crippen LogP contribution in [0.1, 0.15) is 17.5 Å². The highest BCUT2D eigenvalue weighted by Gasteiger charge is 2.29. The van der Waals surface area contributed by atoms with E-state index in [4.69, 9.17) is 9.47 Å². The van der Waals surface area contributed by atoms with Gasteiger partial charge >= 0.3 is 6.18 Å². The number of guanidine groups is 1. The van der Waals surface area contributed by atoms with Crippen LogP contribution in [0.15, 0.2) is 29.3 Å². The number of halogens is 3. The van der Waals surface area contributed by atoms with Gasteiger partial charge in [0.05, 0.1) is 18.8 Å². The second-order valence-corrected chi connectivity index (χ2v) is 5.01. The van der Waals surface area contributed by atoms with Crippen molar-refractivity contribution in [2.45, 2.75) is 19.1 Å². The van der Waals surface area contributed by atoms with Crippen LogP contribution in [0.5, 0.6) is 0 Å². The van der Waals surface area contributed by atoms with Crippen LogP contribution in [-0.4, -0.2) is 46.5 Å². The van der Waals surface area contributed by atoms with Gasteiger partial charge in [0.25, 0.3) is 0 Å². The van der Waals surface area contributed by atoms with Crippen molar-refractivity contribution in [1.29, 1.82) is 0 Å². The number of rotatable bonds is 9. The lowest BCUT2D eigenvalue weighted by Crippen LogP contribution is -2.37. The molecule has 0 spiro atoms. The number of ether oxygens (including phenoxy) is 2. The fraction of sp³-hybridized carbons (Fsp3) is 0.562. The molecular weight excluding hydrogens is 323 g/mol. The fourth-order valence-corrected chi connectivity index (χ4v) is 1.84. The van der Waals surface area contributed by atoms with E-state index in [2.05, 4.69) is 15.6 Å². The summed E-state index contributed by atoms with van der Waals surface area (Å²) in [6.07, 6.45) is -3.50. The maximum absolute atomic E-state index is 12.5. The Morgan fingerprint density at radius 3 is 2.38 bits per heavy atom. The third kappa shape index (κ3) is 8.16. The molecule has 0 heterocycles. The van der Waals surface area contributed by atoms with Gasteiger partial charge < -0.3 is 20.1 Å². The summed E-state index contributed by atoms with van der Waals surface area (Å²) in [6.45, 7) is 2.83. The van der Waals surface area contributed by atoms with Crippen molar-refractivity contribution in [1.82, 2.24) is 10.6 Å². The Balaban J connectivity index is 2.26. The summed E-state index contributed by atoms with van der Waals surface area (Å²) >= 11 is 0. The standard InChI is InChI=1S/C16H24F3N3O2/c1-20-15(21-8-3-9-24-11-10-23-2)22-12-13-4-6-14(7-5-13)16(17,18)19/h4-7H,3,8-12H2,1-2H3,(H2,20,21,22). The Kier molecular flexibility index (Phi) is 9.18. The van der Waals surface area contributed by atoms with Gasteiger partial charge in [0.1, 0.15) is 0 Å². The molecule has 0 unspecified atom stereocenters. The van der Waals surface area contributed by atoms with Crippen molar-refractivity contribution < 1.29 is 22.6 Å². The highest BCUT2D eigenvalue weighted by molar-refractivity contribution is 5.79. The van der Waals surface area contributed by atoms with Gasteiger partial charge in [0.2, 0.25) is 0 Å². The Morgan fingerprint density at radius 1 is 1.08 bits per heavy atom. The fourth-order valence-electron chi connectivity index (χ4n) is 1.84. The smallest absolute Gasteiger partial charge is 0.382 e. The minimum absolute atomic E-state index is 0.391. The van der Waals surface area contributed by atoms with Crippen molar-refractivity contribution >= 4 is 5.96 Å². The molecule has 1 aromatic carbocycles. The van der Waals surface area contributed by atoms with E-state index in [1.807, 2.05) is 0 Å². The van der Waals surface area contributed by atoms with Gasteiger partial charge in [-0.2, -0.15) is 13.2 Å². The molecule has 0 aliphatic carbocycles. The molecule has 5 nitrogen and oxygen atoms in total. The first-order valence-electron chi connectivity index (χ1n) is 7.64. The topological polar surface area (TPSA) is 54.9 Å². The highest BCUT2D eigenvalue weighted by atomic mass is 19.4. The molecule has 0 fully saturated rings. The van der Waals surface area contributed by atoms with E-state index in [1.54, 1.807) is 14.2 Å². The minimum Gasteiger partial charge on any atom is -0.382 e. The van der Waals surface area contributed by atoms with Crippen molar-refractivity contribution in [3.8, 4) is 0 Å².